The molecule has 5 rings (SSSR count). The molecule has 28 heavy (non-hydrogen) atoms. The largest absolute Gasteiger partial charge is 0.299 e. The topological polar surface area (TPSA) is 17.1 Å². The smallest absolute Gasteiger partial charge is 0.137 e. The molecule has 2 atom stereocenters. The molecule has 4 aromatic rings. The highest BCUT2D eigenvalue weighted by Crippen LogP contribution is 2.46. The summed E-state index contributed by atoms with van der Waals surface area (Å²) in [4.78, 5) is 12.4. The van der Waals surface area contributed by atoms with Crippen LogP contribution in [0, 0.1) is 0 Å². The first-order valence-electron chi connectivity index (χ1n) is 9.83. The van der Waals surface area contributed by atoms with Crippen molar-refractivity contribution in [2.75, 3.05) is 0 Å². The maximum Gasteiger partial charge on any atom is 0.137 e. The highest BCUT2D eigenvalue weighted by atomic mass is 79.9. The van der Waals surface area contributed by atoms with Gasteiger partial charge in [0, 0.05) is 16.3 Å². The van der Waals surface area contributed by atoms with Crippen LogP contribution in [0.3, 0.4) is 0 Å². The number of halogens is 1. The number of rotatable bonds is 2. The fourth-order valence-corrected chi connectivity index (χ4v) is 5.17. The SMILES string of the molecule is CC(=O)C1CCC(c2ccc(Br)cc2)c2c1ccc1c2ccc2ccccc21. The Morgan fingerprint density at radius 2 is 1.57 bits per heavy atom. The summed E-state index contributed by atoms with van der Waals surface area (Å²) in [5.41, 5.74) is 3.89. The minimum Gasteiger partial charge on any atom is -0.299 e. The van der Waals surface area contributed by atoms with Crippen molar-refractivity contribution >= 4 is 43.3 Å². The minimum absolute atomic E-state index is 0.0116. The Labute approximate surface area is 173 Å². The second-order valence-electron chi connectivity index (χ2n) is 7.80. The van der Waals surface area contributed by atoms with Crippen LogP contribution in [-0.4, -0.2) is 5.78 Å². The Kier molecular flexibility index (Phi) is 4.32. The van der Waals surface area contributed by atoms with E-state index >= 15 is 0 Å². The third kappa shape index (κ3) is 2.79. The van der Waals surface area contributed by atoms with Crippen molar-refractivity contribution in [2.24, 2.45) is 0 Å². The molecule has 0 radical (unpaired) electrons. The Hall–Kier alpha value is -2.45. The highest BCUT2D eigenvalue weighted by Gasteiger charge is 2.32. The van der Waals surface area contributed by atoms with Gasteiger partial charge in [0.2, 0.25) is 0 Å². The van der Waals surface area contributed by atoms with Gasteiger partial charge < -0.3 is 0 Å². The van der Waals surface area contributed by atoms with E-state index in [1.54, 1.807) is 6.92 Å². The predicted molar refractivity (Wildman–Crippen MR) is 120 cm³/mol. The molecule has 0 fully saturated rings. The van der Waals surface area contributed by atoms with Crippen LogP contribution in [0.4, 0.5) is 0 Å². The van der Waals surface area contributed by atoms with Crippen LogP contribution in [0.25, 0.3) is 21.5 Å². The number of carbonyl (C=O) groups excluding carboxylic acids is 1. The molecule has 0 spiro atoms. The van der Waals surface area contributed by atoms with Crippen LogP contribution in [0.1, 0.15) is 48.3 Å². The van der Waals surface area contributed by atoms with E-state index in [9.17, 15) is 4.79 Å². The number of Topliss-reactive ketones (excluding diaryl/α,β-unsaturated/α-hetero) is 1. The average Bonchev–Trinajstić information content (AvgIpc) is 2.73. The molecular weight excluding hydrogens is 408 g/mol. The second kappa shape index (κ2) is 6.86. The monoisotopic (exact) mass is 428 g/mol. The van der Waals surface area contributed by atoms with E-state index in [0.29, 0.717) is 5.92 Å². The molecule has 2 unspecified atom stereocenters. The standard InChI is InChI=1S/C26H21BrO/c1-16(28)20-12-13-22(18-6-9-19(27)10-7-18)26-24(20)15-14-23-21-5-3-2-4-17(21)8-11-25(23)26/h2-11,14-15,20,22H,12-13H2,1H3. The molecule has 0 aromatic heterocycles. The van der Waals surface area contributed by atoms with E-state index in [1.165, 1.54) is 38.2 Å². The normalized spacial score (nSPS) is 18.9. The van der Waals surface area contributed by atoms with Gasteiger partial charge in [-0.05, 0) is 70.1 Å². The van der Waals surface area contributed by atoms with Gasteiger partial charge in [-0.1, -0.05) is 76.6 Å². The van der Waals surface area contributed by atoms with Crippen LogP contribution in [0.15, 0.2) is 77.3 Å². The van der Waals surface area contributed by atoms with Crippen molar-refractivity contribution in [3.05, 3.63) is 94.0 Å². The molecule has 1 aliphatic rings. The number of ketones is 1. The van der Waals surface area contributed by atoms with E-state index in [2.05, 4.69) is 88.7 Å². The highest BCUT2D eigenvalue weighted by molar-refractivity contribution is 9.10. The summed E-state index contributed by atoms with van der Waals surface area (Å²) < 4.78 is 1.10. The van der Waals surface area contributed by atoms with Crippen LogP contribution < -0.4 is 0 Å². The van der Waals surface area contributed by atoms with Crippen LogP contribution in [-0.2, 0) is 4.79 Å². The van der Waals surface area contributed by atoms with Gasteiger partial charge in [-0.2, -0.15) is 0 Å². The summed E-state index contributed by atoms with van der Waals surface area (Å²) in [6.07, 6.45) is 1.92. The summed E-state index contributed by atoms with van der Waals surface area (Å²) in [7, 11) is 0. The molecule has 0 bridgehead atoms. The zero-order chi connectivity index (χ0) is 19.3. The van der Waals surface area contributed by atoms with E-state index in [1.807, 2.05) is 0 Å². The summed E-state index contributed by atoms with van der Waals surface area (Å²) >= 11 is 3.55. The lowest BCUT2D eigenvalue weighted by Gasteiger charge is -2.32. The molecule has 0 aliphatic heterocycles. The van der Waals surface area contributed by atoms with Gasteiger partial charge in [-0.15, -0.1) is 0 Å². The average molecular weight is 429 g/mol. The minimum atomic E-state index is 0.0116. The van der Waals surface area contributed by atoms with E-state index in [4.69, 9.17) is 0 Å². The molecular formula is C26H21BrO. The molecule has 0 heterocycles. The summed E-state index contributed by atoms with van der Waals surface area (Å²) in [6.45, 7) is 1.74. The van der Waals surface area contributed by atoms with Crippen molar-refractivity contribution in [2.45, 2.75) is 31.6 Å². The molecule has 0 saturated heterocycles. The number of hydrogen-bond donors (Lipinski definition) is 0. The Balaban J connectivity index is 1.82. The van der Waals surface area contributed by atoms with Gasteiger partial charge in [-0.3, -0.25) is 4.79 Å². The van der Waals surface area contributed by atoms with Crippen molar-refractivity contribution in [3.63, 3.8) is 0 Å². The summed E-state index contributed by atoms with van der Waals surface area (Å²) in [6, 6.07) is 26.1. The zero-order valence-electron chi connectivity index (χ0n) is 15.8. The number of fused-ring (bicyclic) bond motifs is 5. The molecule has 4 aromatic carbocycles. The third-order valence-corrected chi connectivity index (χ3v) is 6.76. The second-order valence-corrected chi connectivity index (χ2v) is 8.71. The molecule has 0 amide bonds. The van der Waals surface area contributed by atoms with E-state index in [0.717, 1.165) is 17.3 Å². The van der Waals surface area contributed by atoms with Gasteiger partial charge in [0.15, 0.2) is 0 Å². The Morgan fingerprint density at radius 3 is 2.36 bits per heavy atom. The molecule has 1 aliphatic carbocycles. The molecule has 0 N–H and O–H groups in total. The lowest BCUT2D eigenvalue weighted by Crippen LogP contribution is -2.20. The first-order valence-corrected chi connectivity index (χ1v) is 10.6. The Morgan fingerprint density at radius 1 is 0.821 bits per heavy atom. The maximum absolute atomic E-state index is 12.4. The fourth-order valence-electron chi connectivity index (χ4n) is 4.91. The van der Waals surface area contributed by atoms with Crippen molar-refractivity contribution in [3.8, 4) is 0 Å². The zero-order valence-corrected chi connectivity index (χ0v) is 17.4. The molecule has 1 nitrogen and oxygen atoms in total. The summed E-state index contributed by atoms with van der Waals surface area (Å²) in [5.74, 6) is 0.608. The lowest BCUT2D eigenvalue weighted by atomic mass is 9.71. The van der Waals surface area contributed by atoms with E-state index in [-0.39, 0.29) is 11.7 Å². The van der Waals surface area contributed by atoms with Crippen molar-refractivity contribution in [1.82, 2.24) is 0 Å². The van der Waals surface area contributed by atoms with Crippen LogP contribution >= 0.6 is 15.9 Å². The quantitative estimate of drug-likeness (QED) is 0.305. The third-order valence-electron chi connectivity index (χ3n) is 6.23. The summed E-state index contributed by atoms with van der Waals surface area (Å²) in [5, 5.41) is 5.11. The predicted octanol–water partition coefficient (Wildman–Crippen LogP) is 7.35. The molecule has 138 valence electrons. The Bertz CT molecular complexity index is 1210. The van der Waals surface area contributed by atoms with Gasteiger partial charge in [0.25, 0.3) is 0 Å². The number of benzene rings is 4. The first-order chi connectivity index (χ1) is 13.6. The van der Waals surface area contributed by atoms with Gasteiger partial charge in [0.05, 0.1) is 0 Å². The van der Waals surface area contributed by atoms with Crippen LogP contribution in [0.2, 0.25) is 0 Å². The lowest BCUT2D eigenvalue weighted by molar-refractivity contribution is -0.118. The first kappa shape index (κ1) is 17.6. The van der Waals surface area contributed by atoms with Crippen molar-refractivity contribution in [1.29, 1.82) is 0 Å². The molecule has 2 heteroatoms. The van der Waals surface area contributed by atoms with Gasteiger partial charge in [0.1, 0.15) is 5.78 Å². The molecule has 0 saturated carbocycles. The maximum atomic E-state index is 12.4. The number of hydrogen-bond acceptors (Lipinski definition) is 1. The van der Waals surface area contributed by atoms with E-state index < -0.39 is 0 Å². The van der Waals surface area contributed by atoms with Gasteiger partial charge >= 0.3 is 0 Å². The fraction of sp³-hybridized carbons (Fsp3) is 0.192. The number of carbonyl (C=O) groups is 1. The van der Waals surface area contributed by atoms with Crippen LogP contribution in [0.5, 0.6) is 0 Å². The van der Waals surface area contributed by atoms with Crippen molar-refractivity contribution < 1.29 is 4.79 Å². The van der Waals surface area contributed by atoms with Gasteiger partial charge in [-0.25, -0.2) is 0 Å².